The average molecular weight is 376 g/mol. The maximum atomic E-state index is 11.2. The fourth-order valence-corrected chi connectivity index (χ4v) is 2.43. The minimum atomic E-state index is -0.944. The van der Waals surface area contributed by atoms with E-state index in [1.807, 2.05) is 0 Å². The van der Waals surface area contributed by atoms with Crippen molar-refractivity contribution in [1.82, 2.24) is 10.6 Å². The Morgan fingerprint density at radius 1 is 0.769 bits per heavy atom. The molecule has 0 rings (SSSR count). The topological polar surface area (TPSA) is 98.3 Å². The maximum Gasteiger partial charge on any atom is 1.00 e. The largest absolute Gasteiger partial charge is 1.00 e. The number of carboxylic acid groups (broad SMARTS) is 1. The second-order valence-electron chi connectivity index (χ2n) is 6.19. The van der Waals surface area contributed by atoms with E-state index >= 15 is 0 Å². The van der Waals surface area contributed by atoms with Gasteiger partial charge in [-0.15, -0.1) is 0 Å². The van der Waals surface area contributed by atoms with E-state index in [1.54, 1.807) is 0 Å². The van der Waals surface area contributed by atoms with Crippen LogP contribution in [-0.4, -0.2) is 31.4 Å². The van der Waals surface area contributed by atoms with Crippen molar-refractivity contribution in [2.45, 2.75) is 77.0 Å². The Morgan fingerprint density at radius 3 is 1.81 bits per heavy atom. The number of nitrogens with one attached hydrogen (secondary N) is 2. The van der Waals surface area contributed by atoms with Crippen LogP contribution in [0.1, 0.15) is 77.0 Å². The van der Waals surface area contributed by atoms with Crippen molar-refractivity contribution in [3.8, 4) is 0 Å². The van der Waals surface area contributed by atoms with Gasteiger partial charge in [-0.2, -0.15) is 0 Å². The third-order valence-electron chi connectivity index (χ3n) is 3.93. The standard InChI is InChI=1S/C19H34N2O4.Na/c1-20-18(24)19(25)21-16-14-12-10-8-6-4-2-3-5-7-9-11-13-15-17(22)23;/h6,8H,2-5,7,9-16H2,1H3,(H,20,24)(H,21,25)(H,22,23);/q;+1/p-1/b8-6-;. The summed E-state index contributed by atoms with van der Waals surface area (Å²) in [5.74, 6) is -2.12. The first-order valence-electron chi connectivity index (χ1n) is 9.42. The van der Waals surface area contributed by atoms with Crippen LogP contribution in [0.2, 0.25) is 0 Å². The van der Waals surface area contributed by atoms with Gasteiger partial charge in [0.15, 0.2) is 0 Å². The number of rotatable bonds is 15. The van der Waals surface area contributed by atoms with Crippen LogP contribution in [0.5, 0.6) is 0 Å². The van der Waals surface area contributed by atoms with Crippen molar-refractivity contribution in [2.75, 3.05) is 13.6 Å². The summed E-state index contributed by atoms with van der Waals surface area (Å²) in [7, 11) is 1.44. The van der Waals surface area contributed by atoms with E-state index in [0.717, 1.165) is 44.9 Å². The molecule has 0 saturated carbocycles. The molecule has 0 radical (unpaired) electrons. The van der Waals surface area contributed by atoms with Crippen LogP contribution in [0.3, 0.4) is 0 Å². The minimum absolute atomic E-state index is 0. The van der Waals surface area contributed by atoms with Crippen molar-refractivity contribution in [3.05, 3.63) is 12.2 Å². The monoisotopic (exact) mass is 376 g/mol. The van der Waals surface area contributed by atoms with Crippen molar-refractivity contribution in [1.29, 1.82) is 0 Å². The van der Waals surface area contributed by atoms with E-state index in [9.17, 15) is 19.5 Å². The molecule has 0 aromatic rings. The van der Waals surface area contributed by atoms with Gasteiger partial charge in [0.25, 0.3) is 0 Å². The van der Waals surface area contributed by atoms with Gasteiger partial charge in [0.1, 0.15) is 0 Å². The van der Waals surface area contributed by atoms with Gasteiger partial charge in [-0.1, -0.05) is 44.3 Å². The number of unbranched alkanes of at least 4 members (excludes halogenated alkanes) is 9. The summed E-state index contributed by atoms with van der Waals surface area (Å²) < 4.78 is 0. The Kier molecular flexibility index (Phi) is 21.5. The Balaban J connectivity index is 0. The van der Waals surface area contributed by atoms with E-state index in [1.165, 1.54) is 32.7 Å². The Morgan fingerprint density at radius 2 is 1.27 bits per heavy atom. The molecule has 2 amide bonds. The van der Waals surface area contributed by atoms with Crippen molar-refractivity contribution < 1.29 is 49.0 Å². The number of carbonyl (C=O) groups is 3. The van der Waals surface area contributed by atoms with Gasteiger partial charge >= 0.3 is 41.4 Å². The maximum absolute atomic E-state index is 11.2. The second-order valence-corrected chi connectivity index (χ2v) is 6.19. The molecule has 26 heavy (non-hydrogen) atoms. The van der Waals surface area contributed by atoms with Gasteiger partial charge in [-0.05, 0) is 44.9 Å². The number of aliphatic carboxylic acids is 1. The zero-order valence-corrected chi connectivity index (χ0v) is 18.5. The minimum Gasteiger partial charge on any atom is -0.550 e. The number of carbonyl (C=O) groups excluding carboxylic acids is 3. The molecule has 0 atom stereocenters. The number of amides is 2. The van der Waals surface area contributed by atoms with Crippen LogP contribution in [0.15, 0.2) is 12.2 Å². The number of hydrogen-bond acceptors (Lipinski definition) is 4. The quantitative estimate of drug-likeness (QED) is 0.163. The first-order chi connectivity index (χ1) is 12.1. The molecular formula is C19H33N2NaO4. The predicted molar refractivity (Wildman–Crippen MR) is 96.6 cm³/mol. The van der Waals surface area contributed by atoms with Gasteiger partial charge in [-0.3, -0.25) is 9.59 Å². The van der Waals surface area contributed by atoms with Gasteiger partial charge in [0.2, 0.25) is 0 Å². The molecule has 2 N–H and O–H groups in total. The van der Waals surface area contributed by atoms with Crippen LogP contribution < -0.4 is 45.3 Å². The molecule has 6 nitrogen and oxygen atoms in total. The Bertz CT molecular complexity index is 414. The smallest absolute Gasteiger partial charge is 0.550 e. The third-order valence-corrected chi connectivity index (χ3v) is 3.93. The summed E-state index contributed by atoms with van der Waals surface area (Å²) >= 11 is 0. The van der Waals surface area contributed by atoms with Gasteiger partial charge < -0.3 is 20.5 Å². The fraction of sp³-hybridized carbons (Fsp3) is 0.737. The summed E-state index contributed by atoms with van der Waals surface area (Å²) in [6.45, 7) is 0.531. The normalized spacial score (nSPS) is 10.3. The zero-order chi connectivity index (χ0) is 18.8. The van der Waals surface area contributed by atoms with Crippen LogP contribution in [-0.2, 0) is 14.4 Å². The van der Waals surface area contributed by atoms with E-state index in [0.29, 0.717) is 6.54 Å². The molecule has 0 aliphatic rings. The molecule has 0 saturated heterocycles. The van der Waals surface area contributed by atoms with E-state index < -0.39 is 17.8 Å². The summed E-state index contributed by atoms with van der Waals surface area (Å²) in [5.41, 5.74) is 0. The summed E-state index contributed by atoms with van der Waals surface area (Å²) in [6, 6.07) is 0. The molecule has 0 spiro atoms. The molecule has 0 aromatic carbocycles. The summed E-state index contributed by atoms with van der Waals surface area (Å²) in [6.07, 6.45) is 16.2. The molecule has 0 aliphatic carbocycles. The van der Waals surface area contributed by atoms with Crippen LogP contribution >= 0.6 is 0 Å². The molecular weight excluding hydrogens is 343 g/mol. The molecule has 0 unspecified atom stereocenters. The molecule has 0 aliphatic heterocycles. The SMILES string of the molecule is CNC(=O)C(=O)NCCCC/C=C\CCCCCCCCCC(=O)[O-].[Na+]. The average Bonchev–Trinajstić information content (AvgIpc) is 2.60. The summed E-state index contributed by atoms with van der Waals surface area (Å²) in [4.78, 5) is 32.4. The molecule has 0 fully saturated rings. The van der Waals surface area contributed by atoms with Crippen LogP contribution in [0, 0.1) is 0 Å². The second kappa shape index (κ2) is 20.5. The predicted octanol–water partition coefficient (Wildman–Crippen LogP) is -1.16. The Hall–Kier alpha value is -0.850. The van der Waals surface area contributed by atoms with E-state index in [4.69, 9.17) is 0 Å². The number of allylic oxidation sites excluding steroid dienone is 2. The van der Waals surface area contributed by atoms with Gasteiger partial charge in [0, 0.05) is 19.6 Å². The van der Waals surface area contributed by atoms with E-state index in [-0.39, 0.29) is 36.0 Å². The fourth-order valence-electron chi connectivity index (χ4n) is 2.43. The molecule has 0 bridgehead atoms. The van der Waals surface area contributed by atoms with E-state index in [2.05, 4.69) is 22.8 Å². The van der Waals surface area contributed by atoms with Gasteiger partial charge in [0.05, 0.1) is 0 Å². The molecule has 7 heteroatoms. The molecule has 144 valence electrons. The zero-order valence-electron chi connectivity index (χ0n) is 16.5. The van der Waals surface area contributed by atoms with Gasteiger partial charge in [-0.25, -0.2) is 0 Å². The van der Waals surface area contributed by atoms with Crippen molar-refractivity contribution in [3.63, 3.8) is 0 Å². The van der Waals surface area contributed by atoms with Crippen LogP contribution in [0.4, 0.5) is 0 Å². The number of carboxylic acids is 1. The van der Waals surface area contributed by atoms with Crippen molar-refractivity contribution in [2.24, 2.45) is 0 Å². The molecule has 0 aromatic heterocycles. The van der Waals surface area contributed by atoms with Crippen LogP contribution in [0.25, 0.3) is 0 Å². The first-order valence-corrected chi connectivity index (χ1v) is 9.42. The number of likely N-dealkylation sites (N-methyl/N-ethyl adjacent to an activating group) is 1. The first kappa shape index (κ1) is 27.4. The van der Waals surface area contributed by atoms with Crippen molar-refractivity contribution >= 4 is 17.8 Å². The molecule has 0 heterocycles. The Labute approximate surface area is 179 Å². The summed E-state index contributed by atoms with van der Waals surface area (Å²) in [5, 5.41) is 15.1. The number of hydrogen-bond donors (Lipinski definition) is 2. The third kappa shape index (κ3) is 19.5.